The van der Waals surface area contributed by atoms with E-state index in [2.05, 4.69) is 4.72 Å². The van der Waals surface area contributed by atoms with Crippen LogP contribution >= 0.6 is 0 Å². The molecule has 130 valence electrons. The highest BCUT2D eigenvalue weighted by molar-refractivity contribution is 7.93. The summed E-state index contributed by atoms with van der Waals surface area (Å²) in [5.41, 5.74) is -0.489. The summed E-state index contributed by atoms with van der Waals surface area (Å²) in [6.45, 7) is 0. The summed E-state index contributed by atoms with van der Waals surface area (Å²) in [6.07, 6.45) is 0. The summed E-state index contributed by atoms with van der Waals surface area (Å²) in [5, 5.41) is 0. The van der Waals surface area contributed by atoms with E-state index in [1.807, 2.05) is 0 Å². The smallest absolute Gasteiger partial charge is 0.264 e. The Balaban J connectivity index is 2.55. The Morgan fingerprint density at radius 2 is 1.58 bits per heavy atom. The average Bonchev–Trinajstić information content (AvgIpc) is 2.56. The highest BCUT2D eigenvalue weighted by Crippen LogP contribution is 2.26. The normalized spacial score (nSPS) is 12.2. The van der Waals surface area contributed by atoms with E-state index in [0.717, 1.165) is 37.4 Å². The van der Waals surface area contributed by atoms with Gasteiger partial charge >= 0.3 is 0 Å². The van der Waals surface area contributed by atoms with E-state index >= 15 is 0 Å². The number of nitrogens with zero attached hydrogens (tertiary/aromatic N) is 1. The molecule has 24 heavy (non-hydrogen) atoms. The number of anilines is 1. The van der Waals surface area contributed by atoms with Crippen LogP contribution in [0.1, 0.15) is 0 Å². The maximum atomic E-state index is 13.8. The number of rotatable bonds is 5. The zero-order chi connectivity index (χ0) is 18.1. The first-order chi connectivity index (χ1) is 11.1. The molecule has 2 aromatic rings. The van der Waals surface area contributed by atoms with Crippen LogP contribution in [0.3, 0.4) is 0 Å². The fourth-order valence-electron chi connectivity index (χ4n) is 1.93. The Morgan fingerprint density at radius 3 is 2.21 bits per heavy atom. The molecule has 0 aliphatic rings. The summed E-state index contributed by atoms with van der Waals surface area (Å²) < 4.78 is 78.5. The van der Waals surface area contributed by atoms with Crippen molar-refractivity contribution in [3.63, 3.8) is 0 Å². The SMILES string of the molecule is CNS(=O)(=O)c1cccc(S(=O)(=O)N(C)c2cc(F)ccc2F)c1. The maximum absolute atomic E-state index is 13.8. The first kappa shape index (κ1) is 18.3. The monoisotopic (exact) mass is 376 g/mol. The van der Waals surface area contributed by atoms with E-state index in [0.29, 0.717) is 4.31 Å². The molecule has 2 aromatic carbocycles. The lowest BCUT2D eigenvalue weighted by atomic mass is 10.3. The van der Waals surface area contributed by atoms with Crippen molar-refractivity contribution < 1.29 is 25.6 Å². The van der Waals surface area contributed by atoms with Gasteiger partial charge in [-0.1, -0.05) is 6.07 Å². The molecule has 0 radical (unpaired) electrons. The summed E-state index contributed by atoms with van der Waals surface area (Å²) in [7, 11) is -5.91. The van der Waals surface area contributed by atoms with E-state index in [-0.39, 0.29) is 9.79 Å². The fraction of sp³-hybridized carbons (Fsp3) is 0.143. The predicted octanol–water partition coefficient (Wildman–Crippen LogP) is 1.70. The number of hydrogen-bond acceptors (Lipinski definition) is 4. The Bertz CT molecular complexity index is 976. The molecule has 0 bridgehead atoms. The van der Waals surface area contributed by atoms with Gasteiger partial charge in [0.05, 0.1) is 15.5 Å². The van der Waals surface area contributed by atoms with Crippen molar-refractivity contribution in [1.82, 2.24) is 4.72 Å². The summed E-state index contributed by atoms with van der Waals surface area (Å²) in [5.74, 6) is -1.73. The van der Waals surface area contributed by atoms with E-state index in [4.69, 9.17) is 0 Å². The Hall–Kier alpha value is -2.04. The van der Waals surface area contributed by atoms with Gasteiger partial charge in [0.15, 0.2) is 0 Å². The van der Waals surface area contributed by atoms with Gasteiger partial charge in [-0.15, -0.1) is 0 Å². The fourth-order valence-corrected chi connectivity index (χ4v) is 4.03. The molecule has 0 aliphatic carbocycles. The molecule has 0 unspecified atom stereocenters. The molecular weight excluding hydrogens is 362 g/mol. The van der Waals surface area contributed by atoms with Gasteiger partial charge in [-0.05, 0) is 37.4 Å². The van der Waals surface area contributed by atoms with Crippen molar-refractivity contribution in [1.29, 1.82) is 0 Å². The topological polar surface area (TPSA) is 83.5 Å². The predicted molar refractivity (Wildman–Crippen MR) is 84.6 cm³/mol. The van der Waals surface area contributed by atoms with E-state index in [9.17, 15) is 25.6 Å². The number of nitrogens with one attached hydrogen (secondary N) is 1. The molecule has 0 amide bonds. The van der Waals surface area contributed by atoms with Crippen LogP contribution in [0.25, 0.3) is 0 Å². The van der Waals surface area contributed by atoms with E-state index in [1.54, 1.807) is 0 Å². The molecule has 0 aromatic heterocycles. The molecule has 6 nitrogen and oxygen atoms in total. The van der Waals surface area contributed by atoms with Gasteiger partial charge in [0.2, 0.25) is 10.0 Å². The van der Waals surface area contributed by atoms with Crippen LogP contribution in [0.2, 0.25) is 0 Å². The molecule has 1 N–H and O–H groups in total. The quantitative estimate of drug-likeness (QED) is 0.861. The zero-order valence-electron chi connectivity index (χ0n) is 12.7. The van der Waals surface area contributed by atoms with Crippen molar-refractivity contribution in [3.8, 4) is 0 Å². The van der Waals surface area contributed by atoms with Crippen LogP contribution in [0.15, 0.2) is 52.3 Å². The highest BCUT2D eigenvalue weighted by Gasteiger charge is 2.25. The minimum absolute atomic E-state index is 0.265. The van der Waals surface area contributed by atoms with Crippen molar-refractivity contribution in [3.05, 3.63) is 54.1 Å². The molecule has 0 aliphatic heterocycles. The van der Waals surface area contributed by atoms with Crippen LogP contribution in [0, 0.1) is 11.6 Å². The molecule has 2 rings (SSSR count). The highest BCUT2D eigenvalue weighted by atomic mass is 32.2. The molecule has 0 atom stereocenters. The second-order valence-corrected chi connectivity index (χ2v) is 8.61. The Kier molecular flexibility index (Phi) is 4.92. The molecule has 0 heterocycles. The minimum atomic E-state index is -4.29. The lowest BCUT2D eigenvalue weighted by molar-refractivity contribution is 0.584. The average molecular weight is 376 g/mol. The lowest BCUT2D eigenvalue weighted by Gasteiger charge is -2.20. The second-order valence-electron chi connectivity index (χ2n) is 4.75. The molecule has 10 heteroatoms. The van der Waals surface area contributed by atoms with Crippen LogP contribution in [0.4, 0.5) is 14.5 Å². The molecule has 0 fully saturated rings. The van der Waals surface area contributed by atoms with Crippen molar-refractivity contribution in [2.45, 2.75) is 9.79 Å². The first-order valence-electron chi connectivity index (χ1n) is 6.57. The summed E-state index contributed by atoms with van der Waals surface area (Å²) in [6, 6.07) is 6.96. The number of benzene rings is 2. The van der Waals surface area contributed by atoms with E-state index in [1.165, 1.54) is 19.2 Å². The second kappa shape index (κ2) is 6.46. The molecule has 0 saturated carbocycles. The third kappa shape index (κ3) is 3.40. The van der Waals surface area contributed by atoms with Gasteiger partial charge in [-0.25, -0.2) is 30.3 Å². The standard InChI is InChI=1S/C14H14F2N2O4S2/c1-17-23(19,20)11-4-3-5-12(9-11)24(21,22)18(2)14-8-10(15)6-7-13(14)16/h3-9,17H,1-2H3. The Labute approximate surface area is 138 Å². The number of halogens is 2. The van der Waals surface area contributed by atoms with Crippen LogP contribution < -0.4 is 9.03 Å². The molecular formula is C14H14F2N2O4S2. The maximum Gasteiger partial charge on any atom is 0.264 e. The van der Waals surface area contributed by atoms with Crippen LogP contribution in [-0.2, 0) is 20.0 Å². The number of hydrogen-bond donors (Lipinski definition) is 1. The molecule has 0 spiro atoms. The van der Waals surface area contributed by atoms with Crippen molar-refractivity contribution in [2.75, 3.05) is 18.4 Å². The van der Waals surface area contributed by atoms with Gasteiger partial charge in [0.25, 0.3) is 10.0 Å². The van der Waals surface area contributed by atoms with Crippen LogP contribution in [0.5, 0.6) is 0 Å². The van der Waals surface area contributed by atoms with Gasteiger partial charge in [0.1, 0.15) is 11.6 Å². The van der Waals surface area contributed by atoms with E-state index < -0.39 is 37.4 Å². The largest absolute Gasteiger partial charge is 0.266 e. The molecule has 0 saturated heterocycles. The summed E-state index contributed by atoms with van der Waals surface area (Å²) >= 11 is 0. The third-order valence-electron chi connectivity index (χ3n) is 3.29. The lowest BCUT2D eigenvalue weighted by Crippen LogP contribution is -2.28. The summed E-state index contributed by atoms with van der Waals surface area (Å²) in [4.78, 5) is -0.635. The zero-order valence-corrected chi connectivity index (χ0v) is 14.3. The van der Waals surface area contributed by atoms with Crippen LogP contribution in [-0.4, -0.2) is 30.9 Å². The van der Waals surface area contributed by atoms with Crippen molar-refractivity contribution in [2.24, 2.45) is 0 Å². The van der Waals surface area contributed by atoms with Crippen molar-refractivity contribution >= 4 is 25.7 Å². The number of sulfonamides is 2. The first-order valence-corrected chi connectivity index (χ1v) is 9.49. The van der Waals surface area contributed by atoms with Gasteiger partial charge < -0.3 is 0 Å². The van der Waals surface area contributed by atoms with Gasteiger partial charge in [0, 0.05) is 13.1 Å². The van der Waals surface area contributed by atoms with Gasteiger partial charge in [-0.3, -0.25) is 4.31 Å². The Morgan fingerprint density at radius 1 is 0.958 bits per heavy atom. The third-order valence-corrected chi connectivity index (χ3v) is 6.47. The van der Waals surface area contributed by atoms with Gasteiger partial charge in [-0.2, -0.15) is 0 Å². The minimum Gasteiger partial charge on any atom is -0.266 e.